The van der Waals surface area contributed by atoms with Crippen molar-refractivity contribution < 1.29 is 4.74 Å². The van der Waals surface area contributed by atoms with Crippen LogP contribution < -0.4 is 10.1 Å². The van der Waals surface area contributed by atoms with Crippen molar-refractivity contribution in [3.63, 3.8) is 0 Å². The molecule has 1 saturated carbocycles. The zero-order valence-corrected chi connectivity index (χ0v) is 14.9. The van der Waals surface area contributed by atoms with E-state index >= 15 is 0 Å². The third-order valence-corrected chi connectivity index (χ3v) is 4.96. The Balaban J connectivity index is 1.90. The largest absolute Gasteiger partial charge is 0.492 e. The van der Waals surface area contributed by atoms with E-state index in [0.29, 0.717) is 12.0 Å². The van der Waals surface area contributed by atoms with Crippen LogP contribution >= 0.6 is 31.9 Å². The summed E-state index contributed by atoms with van der Waals surface area (Å²) < 4.78 is 7.60. The molecule has 0 saturated heterocycles. The predicted molar refractivity (Wildman–Crippen MR) is 86.6 cm³/mol. The first-order chi connectivity index (χ1) is 8.94. The zero-order valence-electron chi connectivity index (χ0n) is 11.7. The molecule has 1 aliphatic rings. The van der Waals surface area contributed by atoms with Gasteiger partial charge in [0, 0.05) is 6.54 Å². The average molecular weight is 391 g/mol. The Morgan fingerprint density at radius 2 is 1.89 bits per heavy atom. The van der Waals surface area contributed by atoms with E-state index in [1.807, 2.05) is 6.92 Å². The predicted octanol–water partition coefficient (Wildman–Crippen LogP) is 4.75. The van der Waals surface area contributed by atoms with Crippen LogP contribution in [-0.4, -0.2) is 13.2 Å². The Kier molecular flexibility index (Phi) is 4.96. The van der Waals surface area contributed by atoms with Gasteiger partial charge in [0.05, 0.1) is 15.6 Å². The first kappa shape index (κ1) is 15.3. The second-order valence-corrected chi connectivity index (χ2v) is 7.55. The number of hydrogen-bond acceptors (Lipinski definition) is 2. The van der Waals surface area contributed by atoms with Crippen molar-refractivity contribution in [3.8, 4) is 5.75 Å². The van der Waals surface area contributed by atoms with Gasteiger partial charge in [-0.15, -0.1) is 0 Å². The van der Waals surface area contributed by atoms with Gasteiger partial charge in [0.25, 0.3) is 0 Å². The summed E-state index contributed by atoms with van der Waals surface area (Å²) >= 11 is 7.13. The van der Waals surface area contributed by atoms with Gasteiger partial charge in [-0.05, 0) is 80.8 Å². The van der Waals surface area contributed by atoms with Gasteiger partial charge in [-0.25, -0.2) is 0 Å². The summed E-state index contributed by atoms with van der Waals surface area (Å²) in [6.45, 7) is 9.34. The Morgan fingerprint density at radius 1 is 1.32 bits per heavy atom. The van der Waals surface area contributed by atoms with Gasteiger partial charge in [-0.2, -0.15) is 0 Å². The van der Waals surface area contributed by atoms with Crippen LogP contribution in [0.5, 0.6) is 5.75 Å². The highest BCUT2D eigenvalue weighted by molar-refractivity contribution is 9.11. The van der Waals surface area contributed by atoms with E-state index in [2.05, 4.69) is 63.2 Å². The van der Waals surface area contributed by atoms with Crippen molar-refractivity contribution in [1.82, 2.24) is 5.32 Å². The minimum atomic E-state index is 0.549. The van der Waals surface area contributed by atoms with E-state index in [-0.39, 0.29) is 0 Å². The smallest absolute Gasteiger partial charge is 0.147 e. The molecule has 0 radical (unpaired) electrons. The third kappa shape index (κ3) is 3.96. The zero-order chi connectivity index (χ0) is 14.0. The first-order valence-electron chi connectivity index (χ1n) is 6.75. The summed E-state index contributed by atoms with van der Waals surface area (Å²) in [4.78, 5) is 0. The molecule has 0 aliphatic heterocycles. The molecule has 4 heteroatoms. The van der Waals surface area contributed by atoms with Gasteiger partial charge in [-0.1, -0.05) is 13.8 Å². The van der Waals surface area contributed by atoms with Gasteiger partial charge in [0.15, 0.2) is 0 Å². The normalized spacial score (nSPS) is 20.4. The van der Waals surface area contributed by atoms with E-state index in [9.17, 15) is 0 Å². The van der Waals surface area contributed by atoms with E-state index in [1.54, 1.807) is 0 Å². The third-order valence-electron chi connectivity index (χ3n) is 3.78. The highest BCUT2D eigenvalue weighted by Crippen LogP contribution is 2.51. The van der Waals surface area contributed by atoms with Gasteiger partial charge in [0.1, 0.15) is 5.75 Å². The SMILES string of the molecule is CCOc1c(Br)cc(CNCC2CC2(C)C)cc1Br. The lowest BCUT2D eigenvalue weighted by molar-refractivity contribution is 0.336. The quantitative estimate of drug-likeness (QED) is 0.756. The molecular weight excluding hydrogens is 370 g/mol. The number of benzene rings is 1. The maximum atomic E-state index is 5.59. The van der Waals surface area contributed by atoms with Crippen molar-refractivity contribution in [3.05, 3.63) is 26.6 Å². The number of nitrogens with one attached hydrogen (secondary N) is 1. The number of hydrogen-bond donors (Lipinski definition) is 1. The molecule has 2 nitrogen and oxygen atoms in total. The fourth-order valence-corrected chi connectivity index (χ4v) is 3.82. The van der Waals surface area contributed by atoms with Gasteiger partial charge < -0.3 is 10.1 Å². The van der Waals surface area contributed by atoms with Crippen molar-refractivity contribution in [2.24, 2.45) is 11.3 Å². The Morgan fingerprint density at radius 3 is 2.37 bits per heavy atom. The van der Waals surface area contributed by atoms with Gasteiger partial charge >= 0.3 is 0 Å². The lowest BCUT2D eigenvalue weighted by Gasteiger charge is -2.12. The van der Waals surface area contributed by atoms with Crippen LogP contribution in [0.2, 0.25) is 0 Å². The lowest BCUT2D eigenvalue weighted by atomic mass is 10.1. The molecule has 1 aliphatic carbocycles. The molecule has 1 unspecified atom stereocenters. The minimum absolute atomic E-state index is 0.549. The molecule has 19 heavy (non-hydrogen) atoms. The standard InChI is InChI=1S/C15H21Br2NO/c1-4-19-14-12(16)5-10(6-13(14)17)8-18-9-11-7-15(11,2)3/h5-6,11,18H,4,7-9H2,1-3H3. The topological polar surface area (TPSA) is 21.3 Å². The number of ether oxygens (including phenoxy) is 1. The summed E-state index contributed by atoms with van der Waals surface area (Å²) in [5.74, 6) is 1.72. The Labute approximate surface area is 132 Å². The Bertz CT molecular complexity index is 436. The van der Waals surface area contributed by atoms with Crippen LogP contribution in [-0.2, 0) is 6.54 Å². The molecule has 1 fully saturated rings. The van der Waals surface area contributed by atoms with Crippen molar-refractivity contribution >= 4 is 31.9 Å². The van der Waals surface area contributed by atoms with Crippen molar-refractivity contribution in [1.29, 1.82) is 0 Å². The molecule has 0 aromatic heterocycles. The fraction of sp³-hybridized carbons (Fsp3) is 0.600. The van der Waals surface area contributed by atoms with E-state index in [0.717, 1.165) is 33.7 Å². The fourth-order valence-electron chi connectivity index (χ4n) is 2.31. The second-order valence-electron chi connectivity index (χ2n) is 5.84. The van der Waals surface area contributed by atoms with E-state index in [4.69, 9.17) is 4.74 Å². The van der Waals surface area contributed by atoms with Crippen molar-refractivity contribution in [2.75, 3.05) is 13.2 Å². The van der Waals surface area contributed by atoms with Crippen LogP contribution in [0.1, 0.15) is 32.8 Å². The van der Waals surface area contributed by atoms with Crippen LogP contribution in [0.3, 0.4) is 0 Å². The summed E-state index contributed by atoms with van der Waals surface area (Å²) in [6, 6.07) is 4.25. The molecule has 2 rings (SSSR count). The molecule has 1 N–H and O–H groups in total. The second kappa shape index (κ2) is 6.15. The van der Waals surface area contributed by atoms with Gasteiger partial charge in [-0.3, -0.25) is 0 Å². The van der Waals surface area contributed by atoms with Crippen LogP contribution in [0.25, 0.3) is 0 Å². The summed E-state index contributed by atoms with van der Waals surface area (Å²) in [6.07, 6.45) is 1.34. The minimum Gasteiger partial charge on any atom is -0.492 e. The molecule has 0 bridgehead atoms. The monoisotopic (exact) mass is 389 g/mol. The maximum absolute atomic E-state index is 5.59. The average Bonchev–Trinajstić information content (AvgIpc) is 2.92. The Hall–Kier alpha value is -0.0600. The molecule has 106 valence electrons. The highest BCUT2D eigenvalue weighted by Gasteiger charge is 2.44. The van der Waals surface area contributed by atoms with E-state index in [1.165, 1.54) is 12.0 Å². The molecular formula is C15H21Br2NO. The van der Waals surface area contributed by atoms with Crippen LogP contribution in [0, 0.1) is 11.3 Å². The number of halogens is 2. The summed E-state index contributed by atoms with van der Waals surface area (Å²) in [5.41, 5.74) is 1.81. The van der Waals surface area contributed by atoms with Crippen LogP contribution in [0.4, 0.5) is 0 Å². The molecule has 0 amide bonds. The van der Waals surface area contributed by atoms with E-state index < -0.39 is 0 Å². The molecule has 0 spiro atoms. The molecule has 1 atom stereocenters. The van der Waals surface area contributed by atoms with Crippen molar-refractivity contribution in [2.45, 2.75) is 33.7 Å². The lowest BCUT2D eigenvalue weighted by Crippen LogP contribution is -2.18. The molecule has 1 aromatic carbocycles. The van der Waals surface area contributed by atoms with Gasteiger partial charge in [0.2, 0.25) is 0 Å². The number of rotatable bonds is 6. The first-order valence-corrected chi connectivity index (χ1v) is 8.34. The highest BCUT2D eigenvalue weighted by atomic mass is 79.9. The molecule has 0 heterocycles. The summed E-state index contributed by atoms with van der Waals surface area (Å²) in [7, 11) is 0. The molecule has 1 aromatic rings. The van der Waals surface area contributed by atoms with Crippen LogP contribution in [0.15, 0.2) is 21.1 Å². The summed E-state index contributed by atoms with van der Waals surface area (Å²) in [5, 5.41) is 3.54. The maximum Gasteiger partial charge on any atom is 0.147 e.